The quantitative estimate of drug-likeness (QED) is 0.660. The highest BCUT2D eigenvalue weighted by Gasteiger charge is 2.39. The molecule has 2 saturated heterocycles. The summed E-state index contributed by atoms with van der Waals surface area (Å²) in [5.41, 5.74) is 2.37. The van der Waals surface area contributed by atoms with Gasteiger partial charge in [-0.25, -0.2) is 4.79 Å². The summed E-state index contributed by atoms with van der Waals surface area (Å²) in [6, 6.07) is 0. The van der Waals surface area contributed by atoms with Crippen LogP contribution in [0.25, 0.3) is 0 Å². The molecule has 0 aromatic heterocycles. The molecular weight excluding hydrogens is 292 g/mol. The lowest BCUT2D eigenvalue weighted by molar-refractivity contribution is -0.140. The second kappa shape index (κ2) is 6.63. The number of ether oxygens (including phenoxy) is 1. The summed E-state index contributed by atoms with van der Waals surface area (Å²) in [7, 11) is 1.45. The number of hydrazine groups is 1. The first kappa shape index (κ1) is 16.1. The number of amides is 4. The van der Waals surface area contributed by atoms with E-state index in [0.29, 0.717) is 32.8 Å². The van der Waals surface area contributed by atoms with Crippen LogP contribution in [-0.2, 0) is 19.1 Å². The van der Waals surface area contributed by atoms with E-state index in [-0.39, 0.29) is 18.4 Å². The van der Waals surface area contributed by atoms with E-state index in [4.69, 9.17) is 4.74 Å². The summed E-state index contributed by atoms with van der Waals surface area (Å²) in [5, 5.41) is 1.10. The Morgan fingerprint density at radius 3 is 2.27 bits per heavy atom. The van der Waals surface area contributed by atoms with Gasteiger partial charge in [-0.3, -0.25) is 24.8 Å². The van der Waals surface area contributed by atoms with Gasteiger partial charge in [-0.15, -0.1) is 0 Å². The van der Waals surface area contributed by atoms with Crippen LogP contribution in [0.4, 0.5) is 4.79 Å². The topological polar surface area (TPSA) is 99.3 Å². The van der Waals surface area contributed by atoms with Crippen molar-refractivity contribution in [3.05, 3.63) is 0 Å². The molecule has 0 radical (unpaired) electrons. The Bertz CT molecular complexity index is 487. The van der Waals surface area contributed by atoms with Crippen molar-refractivity contribution in [1.82, 2.24) is 20.2 Å². The Labute approximate surface area is 128 Å². The van der Waals surface area contributed by atoms with Crippen molar-refractivity contribution < 1.29 is 23.9 Å². The minimum atomic E-state index is -0.958. The van der Waals surface area contributed by atoms with Gasteiger partial charge in [-0.2, -0.15) is 0 Å². The van der Waals surface area contributed by atoms with Gasteiger partial charge in [0.1, 0.15) is 5.92 Å². The summed E-state index contributed by atoms with van der Waals surface area (Å²) in [5.74, 6) is -2.07. The summed E-state index contributed by atoms with van der Waals surface area (Å²) < 4.78 is 4.91. The Hall–Kier alpha value is -2.32. The first-order valence-electron chi connectivity index (χ1n) is 7.21. The van der Waals surface area contributed by atoms with Gasteiger partial charge in [0.15, 0.2) is 0 Å². The summed E-state index contributed by atoms with van der Waals surface area (Å²) in [6.45, 7) is 3.55. The molecule has 2 aliphatic heterocycles. The number of rotatable bonds is 3. The van der Waals surface area contributed by atoms with Crippen molar-refractivity contribution in [2.24, 2.45) is 5.92 Å². The van der Waals surface area contributed by atoms with Crippen LogP contribution in [0.15, 0.2) is 0 Å². The largest absolute Gasteiger partial charge is 0.450 e. The number of piperazine rings is 1. The first-order chi connectivity index (χ1) is 10.4. The van der Waals surface area contributed by atoms with E-state index in [1.807, 2.05) is 0 Å². The van der Waals surface area contributed by atoms with Crippen molar-refractivity contribution in [3.8, 4) is 0 Å². The number of nitrogens with one attached hydrogen (secondary N) is 1. The highest BCUT2D eigenvalue weighted by atomic mass is 16.6. The molecule has 0 aliphatic carbocycles. The van der Waals surface area contributed by atoms with E-state index in [0.717, 1.165) is 5.01 Å². The van der Waals surface area contributed by atoms with E-state index in [1.54, 1.807) is 11.8 Å². The molecule has 4 amide bonds. The number of nitrogens with zero attached hydrogens (tertiary/aromatic N) is 3. The second-order valence-electron chi connectivity index (χ2n) is 5.20. The molecule has 9 heteroatoms. The molecule has 0 aromatic rings. The van der Waals surface area contributed by atoms with Crippen molar-refractivity contribution >= 4 is 23.8 Å². The van der Waals surface area contributed by atoms with Gasteiger partial charge in [-0.05, 0) is 6.92 Å². The zero-order valence-electron chi connectivity index (χ0n) is 12.7. The smallest absolute Gasteiger partial charge is 0.409 e. The highest BCUT2D eigenvalue weighted by molar-refractivity contribution is 6.07. The van der Waals surface area contributed by atoms with Crippen LogP contribution in [0.1, 0.15) is 13.3 Å². The molecule has 22 heavy (non-hydrogen) atoms. The fraction of sp³-hybridized carbons (Fsp3) is 0.692. The molecule has 9 nitrogen and oxygen atoms in total. The number of hydrogen-bond donors (Lipinski definition) is 1. The minimum Gasteiger partial charge on any atom is -0.450 e. The van der Waals surface area contributed by atoms with Crippen LogP contribution >= 0.6 is 0 Å². The van der Waals surface area contributed by atoms with Crippen molar-refractivity contribution in [3.63, 3.8) is 0 Å². The van der Waals surface area contributed by atoms with E-state index < -0.39 is 17.7 Å². The van der Waals surface area contributed by atoms with Crippen molar-refractivity contribution in [2.75, 3.05) is 39.8 Å². The third kappa shape index (κ3) is 3.29. The Kier molecular flexibility index (Phi) is 4.84. The number of carbonyl (C=O) groups excluding carboxylic acids is 4. The number of carbonyl (C=O) groups is 4. The maximum atomic E-state index is 12.2. The van der Waals surface area contributed by atoms with Crippen LogP contribution in [0.2, 0.25) is 0 Å². The van der Waals surface area contributed by atoms with Crippen LogP contribution in [0.5, 0.6) is 0 Å². The zero-order valence-corrected chi connectivity index (χ0v) is 12.7. The van der Waals surface area contributed by atoms with Gasteiger partial charge in [0.05, 0.1) is 6.61 Å². The molecule has 122 valence electrons. The Morgan fingerprint density at radius 2 is 1.77 bits per heavy atom. The molecular formula is C13H20N4O5. The maximum absolute atomic E-state index is 12.2. The molecule has 2 heterocycles. The molecule has 0 bridgehead atoms. The lowest BCUT2D eigenvalue weighted by Gasteiger charge is -2.34. The van der Waals surface area contributed by atoms with Crippen molar-refractivity contribution in [1.29, 1.82) is 0 Å². The lowest BCUT2D eigenvalue weighted by atomic mass is 10.0. The standard InChI is InChI=1S/C13H20N4O5/c1-3-22-13(21)17-6-4-16(5-7-17)10(18)8-9-11(19)14-15(2)12(9)20/h9H,3-8H2,1-2H3,(H,14,19). The van der Waals surface area contributed by atoms with Gasteiger partial charge in [0.25, 0.3) is 11.8 Å². The first-order valence-corrected chi connectivity index (χ1v) is 7.21. The average Bonchev–Trinajstić information content (AvgIpc) is 2.74. The van der Waals surface area contributed by atoms with Gasteiger partial charge >= 0.3 is 6.09 Å². The fourth-order valence-electron chi connectivity index (χ4n) is 2.48. The van der Waals surface area contributed by atoms with Gasteiger partial charge in [-0.1, -0.05) is 0 Å². The summed E-state index contributed by atoms with van der Waals surface area (Å²) in [6.07, 6.45) is -0.532. The molecule has 0 aromatic carbocycles. The lowest BCUT2D eigenvalue weighted by Crippen LogP contribution is -2.51. The third-order valence-corrected chi connectivity index (χ3v) is 3.76. The second-order valence-corrected chi connectivity index (χ2v) is 5.20. The molecule has 2 aliphatic rings. The molecule has 2 rings (SSSR count). The van der Waals surface area contributed by atoms with E-state index in [9.17, 15) is 19.2 Å². The fourth-order valence-corrected chi connectivity index (χ4v) is 2.48. The van der Waals surface area contributed by atoms with E-state index >= 15 is 0 Å². The van der Waals surface area contributed by atoms with Gasteiger partial charge in [0.2, 0.25) is 5.91 Å². The molecule has 1 atom stereocenters. The Balaban J connectivity index is 1.84. The molecule has 1 unspecified atom stereocenters. The van der Waals surface area contributed by atoms with Crippen LogP contribution < -0.4 is 5.43 Å². The molecule has 1 N–H and O–H groups in total. The normalized spacial score (nSPS) is 21.9. The average molecular weight is 312 g/mol. The summed E-state index contributed by atoms with van der Waals surface area (Å²) >= 11 is 0. The van der Waals surface area contributed by atoms with E-state index in [2.05, 4.69) is 5.43 Å². The SMILES string of the molecule is CCOC(=O)N1CCN(C(=O)CC2C(=O)NN(C)C2=O)CC1. The minimum absolute atomic E-state index is 0.144. The van der Waals surface area contributed by atoms with Gasteiger partial charge in [0, 0.05) is 39.6 Å². The maximum Gasteiger partial charge on any atom is 0.409 e. The molecule has 2 fully saturated rings. The molecule has 0 saturated carbocycles. The predicted molar refractivity (Wildman–Crippen MR) is 74.2 cm³/mol. The number of hydrogen-bond acceptors (Lipinski definition) is 5. The van der Waals surface area contributed by atoms with Crippen LogP contribution in [0, 0.1) is 5.92 Å². The Morgan fingerprint density at radius 1 is 1.18 bits per heavy atom. The predicted octanol–water partition coefficient (Wildman–Crippen LogP) is -1.20. The van der Waals surface area contributed by atoms with Gasteiger partial charge < -0.3 is 14.5 Å². The van der Waals surface area contributed by atoms with Crippen molar-refractivity contribution in [2.45, 2.75) is 13.3 Å². The monoisotopic (exact) mass is 312 g/mol. The highest BCUT2D eigenvalue weighted by Crippen LogP contribution is 2.16. The van der Waals surface area contributed by atoms with Crippen LogP contribution in [-0.4, -0.2) is 78.5 Å². The summed E-state index contributed by atoms with van der Waals surface area (Å²) in [4.78, 5) is 50.2. The molecule has 0 spiro atoms. The van der Waals surface area contributed by atoms with E-state index in [1.165, 1.54) is 11.9 Å². The van der Waals surface area contributed by atoms with Crippen LogP contribution in [0.3, 0.4) is 0 Å². The third-order valence-electron chi connectivity index (χ3n) is 3.76. The zero-order chi connectivity index (χ0) is 16.3.